The summed E-state index contributed by atoms with van der Waals surface area (Å²) >= 11 is 7.57. The third-order valence-electron chi connectivity index (χ3n) is 2.50. The van der Waals surface area contributed by atoms with Gasteiger partial charge in [0.1, 0.15) is 0 Å². The molecule has 0 aliphatic carbocycles. The van der Waals surface area contributed by atoms with Gasteiger partial charge in [-0.2, -0.15) is 0 Å². The SMILES string of the molecule is CCNCCNC(=O)CCCSc1ccc(Cl)cc1. The van der Waals surface area contributed by atoms with Gasteiger partial charge in [0.05, 0.1) is 0 Å². The first-order chi connectivity index (χ1) is 9.22. The number of halogens is 1. The van der Waals surface area contributed by atoms with Crippen LogP contribution in [0.3, 0.4) is 0 Å². The third-order valence-corrected chi connectivity index (χ3v) is 3.85. The molecular formula is C14H21ClN2OS. The van der Waals surface area contributed by atoms with E-state index in [4.69, 9.17) is 11.6 Å². The third kappa shape index (κ3) is 8.14. The highest BCUT2D eigenvalue weighted by atomic mass is 35.5. The number of benzene rings is 1. The molecule has 0 saturated carbocycles. The molecule has 0 radical (unpaired) electrons. The van der Waals surface area contributed by atoms with Crippen molar-refractivity contribution in [2.24, 2.45) is 0 Å². The number of hydrogen-bond donors (Lipinski definition) is 2. The number of hydrogen-bond acceptors (Lipinski definition) is 3. The Hall–Kier alpha value is -0.710. The van der Waals surface area contributed by atoms with E-state index in [9.17, 15) is 4.79 Å². The summed E-state index contributed by atoms with van der Waals surface area (Å²) in [6.07, 6.45) is 1.48. The number of carbonyl (C=O) groups excluding carboxylic acids is 1. The molecule has 0 aliphatic heterocycles. The van der Waals surface area contributed by atoms with Crippen molar-refractivity contribution in [3.63, 3.8) is 0 Å². The normalized spacial score (nSPS) is 10.4. The highest BCUT2D eigenvalue weighted by Crippen LogP contribution is 2.21. The standard InChI is InChI=1S/C14H21ClN2OS/c1-2-16-9-10-17-14(18)4-3-11-19-13-7-5-12(15)6-8-13/h5-8,16H,2-4,9-11H2,1H3,(H,17,18). The van der Waals surface area contributed by atoms with Crippen LogP contribution in [0.1, 0.15) is 19.8 Å². The maximum atomic E-state index is 11.5. The molecule has 0 aliphatic rings. The minimum absolute atomic E-state index is 0.134. The number of amides is 1. The molecule has 19 heavy (non-hydrogen) atoms. The first-order valence-corrected chi connectivity index (χ1v) is 7.94. The van der Waals surface area contributed by atoms with Crippen molar-refractivity contribution in [2.75, 3.05) is 25.4 Å². The first kappa shape index (κ1) is 16.3. The Morgan fingerprint density at radius 3 is 2.68 bits per heavy atom. The molecule has 2 N–H and O–H groups in total. The molecule has 0 fully saturated rings. The zero-order chi connectivity index (χ0) is 13.9. The van der Waals surface area contributed by atoms with E-state index in [1.807, 2.05) is 24.3 Å². The molecule has 3 nitrogen and oxygen atoms in total. The molecule has 1 aromatic carbocycles. The molecule has 1 rings (SSSR count). The summed E-state index contributed by atoms with van der Waals surface area (Å²) in [6.45, 7) is 4.53. The molecule has 0 bridgehead atoms. The van der Waals surface area contributed by atoms with Crippen LogP contribution in [0.2, 0.25) is 5.02 Å². The van der Waals surface area contributed by atoms with Crippen LogP contribution in [-0.2, 0) is 4.79 Å². The van der Waals surface area contributed by atoms with E-state index in [0.717, 1.165) is 30.3 Å². The van der Waals surface area contributed by atoms with Crippen molar-refractivity contribution in [1.82, 2.24) is 10.6 Å². The number of likely N-dealkylation sites (N-methyl/N-ethyl adjacent to an activating group) is 1. The summed E-state index contributed by atoms with van der Waals surface area (Å²) < 4.78 is 0. The average molecular weight is 301 g/mol. The first-order valence-electron chi connectivity index (χ1n) is 6.58. The van der Waals surface area contributed by atoms with Crippen molar-refractivity contribution in [3.05, 3.63) is 29.3 Å². The summed E-state index contributed by atoms with van der Waals surface area (Å²) in [6, 6.07) is 7.78. The van der Waals surface area contributed by atoms with E-state index in [-0.39, 0.29) is 5.91 Å². The summed E-state index contributed by atoms with van der Waals surface area (Å²) in [5, 5.41) is 6.82. The molecule has 0 saturated heterocycles. The van der Waals surface area contributed by atoms with Crippen LogP contribution in [0.15, 0.2) is 29.2 Å². The second kappa shape index (κ2) is 10.1. The highest BCUT2D eigenvalue weighted by molar-refractivity contribution is 7.99. The van der Waals surface area contributed by atoms with Crippen LogP contribution in [0.5, 0.6) is 0 Å². The summed E-state index contributed by atoms with van der Waals surface area (Å²) in [7, 11) is 0. The summed E-state index contributed by atoms with van der Waals surface area (Å²) in [4.78, 5) is 12.7. The maximum Gasteiger partial charge on any atom is 0.220 e. The van der Waals surface area contributed by atoms with Crippen LogP contribution in [0.25, 0.3) is 0 Å². The van der Waals surface area contributed by atoms with Gasteiger partial charge in [0, 0.05) is 29.4 Å². The Balaban J connectivity index is 2.03. The lowest BCUT2D eigenvalue weighted by molar-refractivity contribution is -0.121. The number of carbonyl (C=O) groups is 1. The Kier molecular flexibility index (Phi) is 8.71. The second-order valence-electron chi connectivity index (χ2n) is 4.11. The van der Waals surface area contributed by atoms with Gasteiger partial charge >= 0.3 is 0 Å². The van der Waals surface area contributed by atoms with Gasteiger partial charge in [0.15, 0.2) is 0 Å². The van der Waals surface area contributed by atoms with Gasteiger partial charge in [-0.25, -0.2) is 0 Å². The maximum absolute atomic E-state index is 11.5. The van der Waals surface area contributed by atoms with Gasteiger partial charge in [-0.1, -0.05) is 18.5 Å². The molecule has 5 heteroatoms. The predicted octanol–water partition coefficient (Wildman–Crippen LogP) is 2.94. The predicted molar refractivity (Wildman–Crippen MR) is 83.0 cm³/mol. The molecule has 0 spiro atoms. The average Bonchev–Trinajstić information content (AvgIpc) is 2.42. The zero-order valence-corrected chi connectivity index (χ0v) is 12.8. The van der Waals surface area contributed by atoms with Gasteiger partial charge in [-0.15, -0.1) is 11.8 Å². The van der Waals surface area contributed by atoms with E-state index in [2.05, 4.69) is 17.6 Å². The Morgan fingerprint density at radius 2 is 2.00 bits per heavy atom. The second-order valence-corrected chi connectivity index (χ2v) is 5.71. The van der Waals surface area contributed by atoms with Crippen molar-refractivity contribution >= 4 is 29.3 Å². The molecule has 0 heterocycles. The van der Waals surface area contributed by atoms with Crippen molar-refractivity contribution in [2.45, 2.75) is 24.7 Å². The van der Waals surface area contributed by atoms with Crippen LogP contribution >= 0.6 is 23.4 Å². The van der Waals surface area contributed by atoms with E-state index >= 15 is 0 Å². The molecule has 0 aromatic heterocycles. The summed E-state index contributed by atoms with van der Waals surface area (Å²) in [5.74, 6) is 1.08. The molecule has 1 amide bonds. The van der Waals surface area contributed by atoms with Gasteiger partial charge in [-0.05, 0) is 43.0 Å². The van der Waals surface area contributed by atoms with Crippen LogP contribution in [-0.4, -0.2) is 31.3 Å². The number of nitrogens with one attached hydrogen (secondary N) is 2. The van der Waals surface area contributed by atoms with Crippen molar-refractivity contribution in [3.8, 4) is 0 Å². The van der Waals surface area contributed by atoms with Crippen LogP contribution in [0, 0.1) is 0 Å². The highest BCUT2D eigenvalue weighted by Gasteiger charge is 2.00. The van der Waals surface area contributed by atoms with Gasteiger partial charge in [0.2, 0.25) is 5.91 Å². The molecule has 0 unspecified atom stereocenters. The quantitative estimate of drug-likeness (QED) is 0.544. The lowest BCUT2D eigenvalue weighted by atomic mass is 10.3. The minimum atomic E-state index is 0.134. The Morgan fingerprint density at radius 1 is 1.26 bits per heavy atom. The topological polar surface area (TPSA) is 41.1 Å². The van der Waals surface area contributed by atoms with Crippen LogP contribution < -0.4 is 10.6 Å². The Labute approximate surface area is 124 Å². The van der Waals surface area contributed by atoms with Crippen molar-refractivity contribution in [1.29, 1.82) is 0 Å². The van der Waals surface area contributed by atoms with E-state index in [0.29, 0.717) is 13.0 Å². The minimum Gasteiger partial charge on any atom is -0.355 e. The van der Waals surface area contributed by atoms with Gasteiger partial charge < -0.3 is 10.6 Å². The van der Waals surface area contributed by atoms with Crippen molar-refractivity contribution < 1.29 is 4.79 Å². The largest absolute Gasteiger partial charge is 0.355 e. The number of thioether (sulfide) groups is 1. The fourth-order valence-electron chi connectivity index (χ4n) is 1.51. The van der Waals surface area contributed by atoms with E-state index < -0.39 is 0 Å². The fraction of sp³-hybridized carbons (Fsp3) is 0.500. The number of rotatable bonds is 9. The van der Waals surface area contributed by atoms with Gasteiger partial charge in [-0.3, -0.25) is 4.79 Å². The lowest BCUT2D eigenvalue weighted by Gasteiger charge is -2.05. The molecule has 1 aromatic rings. The van der Waals surface area contributed by atoms with E-state index in [1.54, 1.807) is 11.8 Å². The molecular weight excluding hydrogens is 280 g/mol. The summed E-state index contributed by atoms with van der Waals surface area (Å²) in [5.41, 5.74) is 0. The van der Waals surface area contributed by atoms with E-state index in [1.165, 1.54) is 4.90 Å². The van der Waals surface area contributed by atoms with Gasteiger partial charge in [0.25, 0.3) is 0 Å². The fourth-order valence-corrected chi connectivity index (χ4v) is 2.49. The molecule has 0 atom stereocenters. The lowest BCUT2D eigenvalue weighted by Crippen LogP contribution is -2.31. The molecule has 106 valence electrons. The smallest absolute Gasteiger partial charge is 0.220 e. The monoisotopic (exact) mass is 300 g/mol. The zero-order valence-electron chi connectivity index (χ0n) is 11.2. The Bertz CT molecular complexity index is 370. The van der Waals surface area contributed by atoms with Crippen LogP contribution in [0.4, 0.5) is 0 Å².